The molecule has 0 aliphatic heterocycles. The van der Waals surface area contributed by atoms with Crippen LogP contribution >= 0.6 is 11.6 Å². The first-order chi connectivity index (χ1) is 9.13. The Hall–Kier alpha value is -2.34. The van der Waals surface area contributed by atoms with Crippen molar-refractivity contribution < 1.29 is 4.74 Å². The summed E-state index contributed by atoms with van der Waals surface area (Å²) in [5.41, 5.74) is 7.18. The van der Waals surface area contributed by atoms with Crippen LogP contribution in [0.15, 0.2) is 24.4 Å². The smallest absolute Gasteiger partial charge is 0.235 e. The molecule has 0 spiro atoms. The molecule has 2 aromatic heterocycles. The van der Waals surface area contributed by atoms with E-state index in [1.54, 1.807) is 12.3 Å². The zero-order valence-electron chi connectivity index (χ0n) is 10.0. The minimum absolute atomic E-state index is 0.106. The number of anilines is 1. The number of hydrogen-bond donors (Lipinski definition) is 2. The molecule has 0 amide bonds. The molecule has 3 aromatic rings. The van der Waals surface area contributed by atoms with E-state index in [1.807, 2.05) is 19.1 Å². The summed E-state index contributed by atoms with van der Waals surface area (Å²) in [6.07, 6.45) is 1.58. The molecule has 0 saturated carbocycles. The Labute approximate surface area is 113 Å². The number of nitrogen functional groups attached to an aromatic ring is 1. The summed E-state index contributed by atoms with van der Waals surface area (Å²) < 4.78 is 5.69. The van der Waals surface area contributed by atoms with Gasteiger partial charge < -0.3 is 10.5 Å². The lowest BCUT2D eigenvalue weighted by atomic mass is 10.2. The topological polar surface area (TPSA) is 89.7 Å². The van der Waals surface area contributed by atoms with Crippen LogP contribution in [-0.2, 0) is 0 Å². The van der Waals surface area contributed by atoms with Gasteiger partial charge in [0.15, 0.2) is 5.65 Å². The number of nitrogens with one attached hydrogen (secondary N) is 1. The van der Waals surface area contributed by atoms with Crippen LogP contribution in [0.5, 0.6) is 11.6 Å². The normalized spacial score (nSPS) is 10.8. The third-order valence-corrected chi connectivity index (χ3v) is 2.88. The predicted molar refractivity (Wildman–Crippen MR) is 72.4 cm³/mol. The molecule has 3 rings (SSSR count). The fraction of sp³-hybridized carbons (Fsp3) is 0.0833. The number of nitrogens with two attached hydrogens (primary N) is 1. The number of halogens is 1. The van der Waals surface area contributed by atoms with Gasteiger partial charge in [0.1, 0.15) is 11.1 Å². The van der Waals surface area contributed by atoms with Crippen molar-refractivity contribution in [1.29, 1.82) is 0 Å². The Morgan fingerprint density at radius 2 is 2.16 bits per heavy atom. The van der Waals surface area contributed by atoms with Crippen LogP contribution < -0.4 is 10.5 Å². The fourth-order valence-electron chi connectivity index (χ4n) is 1.70. The van der Waals surface area contributed by atoms with Crippen molar-refractivity contribution in [2.45, 2.75) is 6.92 Å². The lowest BCUT2D eigenvalue weighted by molar-refractivity contribution is 0.469. The lowest BCUT2D eigenvalue weighted by Crippen LogP contribution is -1.98. The number of aromatic nitrogens is 4. The van der Waals surface area contributed by atoms with Crippen molar-refractivity contribution in [2.24, 2.45) is 0 Å². The van der Waals surface area contributed by atoms with Crippen LogP contribution in [-0.4, -0.2) is 20.2 Å². The largest absolute Gasteiger partial charge is 0.436 e. The van der Waals surface area contributed by atoms with Crippen LogP contribution in [0.4, 0.5) is 5.95 Å². The summed E-state index contributed by atoms with van der Waals surface area (Å²) in [5, 5.41) is 7.75. The van der Waals surface area contributed by atoms with Crippen molar-refractivity contribution in [3.05, 3.63) is 35.0 Å². The van der Waals surface area contributed by atoms with Gasteiger partial charge in [0.05, 0.1) is 11.2 Å². The van der Waals surface area contributed by atoms with Gasteiger partial charge in [-0.25, -0.2) is 0 Å². The van der Waals surface area contributed by atoms with Crippen molar-refractivity contribution in [1.82, 2.24) is 20.2 Å². The summed E-state index contributed by atoms with van der Waals surface area (Å²) in [5.74, 6) is 0.935. The monoisotopic (exact) mass is 275 g/mol. The summed E-state index contributed by atoms with van der Waals surface area (Å²) in [4.78, 5) is 8.07. The Bertz CT molecular complexity index is 755. The predicted octanol–water partition coefficient (Wildman–Crippen LogP) is 2.69. The van der Waals surface area contributed by atoms with Gasteiger partial charge in [0.2, 0.25) is 11.8 Å². The quantitative estimate of drug-likeness (QED) is 0.750. The Kier molecular flexibility index (Phi) is 2.72. The molecule has 3 N–H and O–H groups in total. The average Bonchev–Trinajstić information content (AvgIpc) is 2.80. The first-order valence-corrected chi connectivity index (χ1v) is 5.92. The summed E-state index contributed by atoms with van der Waals surface area (Å²) in [7, 11) is 0. The van der Waals surface area contributed by atoms with Gasteiger partial charge in [0, 0.05) is 0 Å². The molecule has 0 fully saturated rings. The van der Waals surface area contributed by atoms with Gasteiger partial charge in [-0.3, -0.25) is 5.10 Å². The van der Waals surface area contributed by atoms with E-state index in [0.717, 1.165) is 5.56 Å². The Morgan fingerprint density at radius 3 is 2.95 bits per heavy atom. The van der Waals surface area contributed by atoms with Gasteiger partial charge in [-0.05, 0) is 24.6 Å². The van der Waals surface area contributed by atoms with E-state index in [1.165, 1.54) is 0 Å². The summed E-state index contributed by atoms with van der Waals surface area (Å²) >= 11 is 6.12. The third kappa shape index (κ3) is 2.17. The third-order valence-electron chi connectivity index (χ3n) is 2.59. The van der Waals surface area contributed by atoms with Crippen molar-refractivity contribution in [3.8, 4) is 11.6 Å². The molecule has 0 radical (unpaired) electrons. The van der Waals surface area contributed by atoms with E-state index >= 15 is 0 Å². The second-order valence-corrected chi connectivity index (χ2v) is 4.46. The first-order valence-electron chi connectivity index (χ1n) is 5.54. The first kappa shape index (κ1) is 11.7. The van der Waals surface area contributed by atoms with Gasteiger partial charge in [-0.2, -0.15) is 15.1 Å². The molecule has 0 atom stereocenters. The number of aryl methyl sites for hydroxylation is 1. The molecule has 2 heterocycles. The van der Waals surface area contributed by atoms with Gasteiger partial charge in [0.25, 0.3) is 0 Å². The minimum atomic E-state index is 0.106. The standard InChI is InChI=1S/C12H10ClN5O/c1-6-2-3-9(8(13)4-6)19-11-7-5-15-18-10(7)16-12(14)17-11/h2-5H,1H3,(H3,14,15,16,17,18). The number of nitrogens with zero attached hydrogens (tertiary/aromatic N) is 3. The molecule has 0 aliphatic rings. The number of rotatable bonds is 2. The van der Waals surface area contributed by atoms with Crippen LogP contribution in [0.25, 0.3) is 11.0 Å². The number of benzene rings is 1. The molecule has 6 nitrogen and oxygen atoms in total. The fourth-order valence-corrected chi connectivity index (χ4v) is 1.97. The molecule has 0 bridgehead atoms. The van der Waals surface area contributed by atoms with E-state index < -0.39 is 0 Å². The molecule has 96 valence electrons. The highest BCUT2D eigenvalue weighted by molar-refractivity contribution is 6.32. The van der Waals surface area contributed by atoms with Crippen molar-refractivity contribution >= 4 is 28.6 Å². The zero-order valence-corrected chi connectivity index (χ0v) is 10.8. The van der Waals surface area contributed by atoms with E-state index in [0.29, 0.717) is 27.7 Å². The number of hydrogen-bond acceptors (Lipinski definition) is 5. The molecule has 0 aliphatic carbocycles. The van der Waals surface area contributed by atoms with Crippen LogP contribution in [0.1, 0.15) is 5.56 Å². The highest BCUT2D eigenvalue weighted by Gasteiger charge is 2.12. The SMILES string of the molecule is Cc1ccc(Oc2nc(N)nc3[nH]ncc23)c(Cl)c1. The van der Waals surface area contributed by atoms with Crippen molar-refractivity contribution in [2.75, 3.05) is 5.73 Å². The summed E-state index contributed by atoms with van der Waals surface area (Å²) in [6.45, 7) is 1.95. The molecular formula is C12H10ClN5O. The second kappa shape index (κ2) is 4.40. The van der Waals surface area contributed by atoms with E-state index in [9.17, 15) is 0 Å². The van der Waals surface area contributed by atoms with Crippen molar-refractivity contribution in [3.63, 3.8) is 0 Å². The summed E-state index contributed by atoms with van der Waals surface area (Å²) in [6, 6.07) is 5.49. The van der Waals surface area contributed by atoms with E-state index in [-0.39, 0.29) is 5.95 Å². The Balaban J connectivity index is 2.07. The van der Waals surface area contributed by atoms with Crippen LogP contribution in [0, 0.1) is 6.92 Å². The van der Waals surface area contributed by atoms with E-state index in [2.05, 4.69) is 20.2 Å². The maximum Gasteiger partial charge on any atom is 0.235 e. The van der Waals surface area contributed by atoms with Gasteiger partial charge >= 0.3 is 0 Å². The molecule has 7 heteroatoms. The second-order valence-electron chi connectivity index (χ2n) is 4.06. The average molecular weight is 276 g/mol. The number of aromatic amines is 1. The highest BCUT2D eigenvalue weighted by atomic mass is 35.5. The molecular weight excluding hydrogens is 266 g/mol. The maximum absolute atomic E-state index is 6.12. The zero-order chi connectivity index (χ0) is 13.4. The van der Waals surface area contributed by atoms with Gasteiger partial charge in [-0.15, -0.1) is 0 Å². The van der Waals surface area contributed by atoms with E-state index in [4.69, 9.17) is 22.1 Å². The number of ether oxygens (including phenoxy) is 1. The number of fused-ring (bicyclic) bond motifs is 1. The lowest BCUT2D eigenvalue weighted by Gasteiger charge is -2.08. The van der Waals surface area contributed by atoms with Crippen LogP contribution in [0.3, 0.4) is 0 Å². The molecule has 0 unspecified atom stereocenters. The Morgan fingerprint density at radius 1 is 1.32 bits per heavy atom. The highest BCUT2D eigenvalue weighted by Crippen LogP contribution is 2.32. The minimum Gasteiger partial charge on any atom is -0.436 e. The maximum atomic E-state index is 6.12. The molecule has 1 aromatic carbocycles. The van der Waals surface area contributed by atoms with Crippen LogP contribution in [0.2, 0.25) is 5.02 Å². The van der Waals surface area contributed by atoms with Gasteiger partial charge in [-0.1, -0.05) is 17.7 Å². The molecule has 0 saturated heterocycles. The molecule has 19 heavy (non-hydrogen) atoms. The number of H-pyrrole nitrogens is 1.